The lowest BCUT2D eigenvalue weighted by atomic mass is 9.86. The van der Waals surface area contributed by atoms with Crippen molar-refractivity contribution in [2.75, 3.05) is 13.7 Å². The first-order valence-corrected chi connectivity index (χ1v) is 9.25. The highest BCUT2D eigenvalue weighted by Gasteiger charge is 2.63. The van der Waals surface area contributed by atoms with Gasteiger partial charge in [0.05, 0.1) is 25.8 Å². The molecular weight excluding hydrogens is 382 g/mol. The monoisotopic (exact) mass is 408 g/mol. The molecule has 3 aliphatic rings. The highest BCUT2D eigenvalue weighted by molar-refractivity contribution is 5.79. The maximum absolute atomic E-state index is 15.1. The molecule has 4 N–H and O–H groups in total. The van der Waals surface area contributed by atoms with Crippen molar-refractivity contribution in [1.82, 2.24) is 5.32 Å². The van der Waals surface area contributed by atoms with Gasteiger partial charge in [0.2, 0.25) is 5.91 Å². The van der Waals surface area contributed by atoms with Crippen LogP contribution in [0.25, 0.3) is 0 Å². The van der Waals surface area contributed by atoms with Crippen LogP contribution >= 0.6 is 0 Å². The Bertz CT molecular complexity index is 618. The van der Waals surface area contributed by atoms with Crippen molar-refractivity contribution >= 4 is 11.9 Å². The summed E-state index contributed by atoms with van der Waals surface area (Å²) < 4.78 is 50.6. The van der Waals surface area contributed by atoms with E-state index in [1.54, 1.807) is 0 Å². The third kappa shape index (κ3) is 3.61. The molecule has 2 aliphatic heterocycles. The third-order valence-corrected chi connectivity index (χ3v) is 5.56. The smallest absolute Gasteiger partial charge is 0.375 e. The fourth-order valence-corrected chi connectivity index (χ4v) is 4.11. The Balaban J connectivity index is 1.85. The average Bonchev–Trinajstić information content (AvgIpc) is 3.30. The van der Waals surface area contributed by atoms with Crippen LogP contribution in [0.2, 0.25) is 0 Å². The molecule has 0 aromatic carbocycles. The molecule has 0 aromatic rings. The van der Waals surface area contributed by atoms with Crippen molar-refractivity contribution in [2.45, 2.75) is 80.8 Å². The topological polar surface area (TPSA) is 129 Å². The van der Waals surface area contributed by atoms with Crippen LogP contribution in [0.3, 0.4) is 0 Å². The van der Waals surface area contributed by atoms with Crippen molar-refractivity contribution in [3.05, 3.63) is 0 Å². The van der Waals surface area contributed by atoms with Crippen molar-refractivity contribution in [2.24, 2.45) is 5.73 Å². The number of aliphatic hydroxyl groups excluding tert-OH is 1. The fourth-order valence-electron chi connectivity index (χ4n) is 4.11. The minimum absolute atomic E-state index is 0.000377. The lowest BCUT2D eigenvalue weighted by Gasteiger charge is -2.46. The van der Waals surface area contributed by atoms with E-state index in [2.05, 4.69) is 10.1 Å². The third-order valence-electron chi connectivity index (χ3n) is 5.56. The molecule has 1 spiro atoms. The van der Waals surface area contributed by atoms with Gasteiger partial charge < -0.3 is 35.1 Å². The highest BCUT2D eigenvalue weighted by Crippen LogP contribution is 2.42. The number of alkyl halides is 2. The first kappa shape index (κ1) is 21.3. The largest absolute Gasteiger partial charge is 0.465 e. The van der Waals surface area contributed by atoms with Gasteiger partial charge in [-0.2, -0.15) is 4.39 Å². The van der Waals surface area contributed by atoms with Crippen LogP contribution in [0.4, 0.5) is 8.78 Å². The number of carbonyl (C=O) groups is 2. The number of aliphatic hydroxyl groups is 1. The summed E-state index contributed by atoms with van der Waals surface area (Å²) in [5.74, 6) is -6.55. The summed E-state index contributed by atoms with van der Waals surface area (Å²) in [6.45, 7) is 1.16. The standard InChI is InChI=1S/C17H26F2N2O7/c1-8(22)21-11-10(20)14(18)17(19,15(24)25-2)28-13(11)12(23)9-7-26-16(27-9)5-3-4-6-16/h9-14,23H,3-7,20H2,1-2H3,(H,21,22)/t9-,10-,11-,12-,13-,14-,17-/m1/s1. The van der Waals surface area contributed by atoms with E-state index >= 15 is 4.39 Å². The molecule has 1 amide bonds. The lowest BCUT2D eigenvalue weighted by molar-refractivity contribution is -0.279. The molecule has 0 aromatic heterocycles. The lowest BCUT2D eigenvalue weighted by Crippen LogP contribution is -2.73. The molecule has 0 bridgehead atoms. The Morgan fingerprint density at radius 2 is 1.96 bits per heavy atom. The summed E-state index contributed by atoms with van der Waals surface area (Å²) in [5, 5.41) is 13.2. The van der Waals surface area contributed by atoms with Gasteiger partial charge in [0.25, 0.3) is 0 Å². The molecule has 0 radical (unpaired) electrons. The van der Waals surface area contributed by atoms with Gasteiger partial charge in [-0.3, -0.25) is 4.79 Å². The Morgan fingerprint density at radius 3 is 2.54 bits per heavy atom. The molecule has 0 unspecified atom stereocenters. The van der Waals surface area contributed by atoms with Gasteiger partial charge >= 0.3 is 11.8 Å². The maximum Gasteiger partial charge on any atom is 0.375 e. The van der Waals surface area contributed by atoms with E-state index in [9.17, 15) is 19.1 Å². The van der Waals surface area contributed by atoms with Crippen molar-refractivity contribution < 1.29 is 42.4 Å². The summed E-state index contributed by atoms with van der Waals surface area (Å²) in [6.07, 6.45) is -3.55. The van der Waals surface area contributed by atoms with Gasteiger partial charge in [-0.05, 0) is 12.8 Å². The van der Waals surface area contributed by atoms with Gasteiger partial charge in [-0.1, -0.05) is 0 Å². The summed E-state index contributed by atoms with van der Waals surface area (Å²) in [7, 11) is 0.869. The second kappa shape index (κ2) is 7.79. The van der Waals surface area contributed by atoms with Crippen LogP contribution in [0.15, 0.2) is 0 Å². The van der Waals surface area contributed by atoms with Crippen LogP contribution < -0.4 is 11.1 Å². The molecule has 1 aliphatic carbocycles. The normalized spacial score (nSPS) is 41.0. The summed E-state index contributed by atoms with van der Waals surface area (Å²) >= 11 is 0. The molecule has 160 valence electrons. The van der Waals surface area contributed by atoms with Gasteiger partial charge in [0.1, 0.15) is 18.3 Å². The van der Waals surface area contributed by atoms with E-state index in [-0.39, 0.29) is 6.61 Å². The zero-order chi connectivity index (χ0) is 20.7. The number of methoxy groups -OCH3 is 1. The molecule has 2 saturated heterocycles. The van der Waals surface area contributed by atoms with Crippen LogP contribution in [0.1, 0.15) is 32.6 Å². The van der Waals surface area contributed by atoms with Crippen molar-refractivity contribution in [1.29, 1.82) is 0 Å². The van der Waals surface area contributed by atoms with E-state index in [1.165, 1.54) is 0 Å². The number of halogens is 2. The molecular formula is C17H26F2N2O7. The van der Waals surface area contributed by atoms with Gasteiger partial charge in [-0.25, -0.2) is 9.18 Å². The zero-order valence-corrected chi connectivity index (χ0v) is 15.7. The molecule has 3 fully saturated rings. The minimum atomic E-state index is -3.53. The molecule has 7 atom stereocenters. The zero-order valence-electron chi connectivity index (χ0n) is 15.7. The number of rotatable bonds is 4. The number of nitrogens with two attached hydrogens (primary N) is 1. The Kier molecular flexibility index (Phi) is 5.93. The van der Waals surface area contributed by atoms with Crippen molar-refractivity contribution in [3.63, 3.8) is 0 Å². The van der Waals surface area contributed by atoms with E-state index in [4.69, 9.17) is 19.9 Å². The van der Waals surface area contributed by atoms with Crippen LogP contribution in [0, 0.1) is 0 Å². The summed E-state index contributed by atoms with van der Waals surface area (Å²) in [4.78, 5) is 23.4. The van der Waals surface area contributed by atoms with E-state index in [0.29, 0.717) is 12.8 Å². The molecule has 3 rings (SSSR count). The van der Waals surface area contributed by atoms with Crippen LogP contribution in [-0.2, 0) is 28.5 Å². The molecule has 11 heteroatoms. The van der Waals surface area contributed by atoms with Gasteiger partial charge in [-0.15, -0.1) is 0 Å². The average molecular weight is 408 g/mol. The Morgan fingerprint density at radius 1 is 1.32 bits per heavy atom. The predicted octanol–water partition coefficient (Wildman–Crippen LogP) is -0.559. The summed E-state index contributed by atoms with van der Waals surface area (Å²) in [6, 6.07) is -2.98. The van der Waals surface area contributed by atoms with E-state index < -0.39 is 60.1 Å². The maximum atomic E-state index is 15.1. The van der Waals surface area contributed by atoms with Crippen LogP contribution in [0.5, 0.6) is 0 Å². The number of nitrogens with one attached hydrogen (secondary N) is 1. The second-order valence-corrected chi connectivity index (χ2v) is 7.50. The number of hydrogen-bond acceptors (Lipinski definition) is 8. The number of ether oxygens (including phenoxy) is 4. The SMILES string of the molecule is COC(=O)[C@]1(F)O[C@@H]([C@H](O)[C@H]2COC3(CCCC3)O2)[C@H](NC(C)=O)[C@@H](N)[C@H]1F. The molecule has 1 saturated carbocycles. The van der Waals surface area contributed by atoms with Crippen molar-refractivity contribution in [3.8, 4) is 0 Å². The number of esters is 1. The highest BCUT2D eigenvalue weighted by atomic mass is 19.2. The van der Waals surface area contributed by atoms with Gasteiger partial charge in [0, 0.05) is 19.8 Å². The minimum Gasteiger partial charge on any atom is -0.465 e. The number of carbonyl (C=O) groups excluding carboxylic acids is 2. The first-order chi connectivity index (χ1) is 13.1. The molecule has 2 heterocycles. The second-order valence-electron chi connectivity index (χ2n) is 7.50. The molecule has 9 nitrogen and oxygen atoms in total. The number of hydrogen-bond donors (Lipinski definition) is 3. The van der Waals surface area contributed by atoms with Gasteiger partial charge in [0.15, 0.2) is 12.0 Å². The van der Waals surface area contributed by atoms with E-state index in [0.717, 1.165) is 26.9 Å². The Labute approximate surface area is 160 Å². The van der Waals surface area contributed by atoms with Crippen LogP contribution in [-0.4, -0.2) is 78.9 Å². The van der Waals surface area contributed by atoms with E-state index in [1.807, 2.05) is 0 Å². The molecule has 28 heavy (non-hydrogen) atoms. The predicted molar refractivity (Wildman–Crippen MR) is 89.2 cm³/mol. The summed E-state index contributed by atoms with van der Waals surface area (Å²) in [5.41, 5.74) is 5.78. The Hall–Kier alpha value is -1.40. The number of amides is 1. The first-order valence-electron chi connectivity index (χ1n) is 9.25. The quantitative estimate of drug-likeness (QED) is 0.528. The fraction of sp³-hybridized carbons (Fsp3) is 0.882.